The van der Waals surface area contributed by atoms with Gasteiger partial charge in [0.1, 0.15) is 0 Å². The molecule has 1 N–H and O–H groups in total. The third-order valence-electron chi connectivity index (χ3n) is 2.53. The van der Waals surface area contributed by atoms with Crippen molar-refractivity contribution in [2.24, 2.45) is 0 Å². The maximum absolute atomic E-state index is 3.54. The van der Waals surface area contributed by atoms with Crippen LogP contribution in [-0.4, -0.2) is 36.6 Å². The van der Waals surface area contributed by atoms with Crippen LogP contribution in [0.3, 0.4) is 0 Å². The molecule has 1 saturated heterocycles. The van der Waals surface area contributed by atoms with Crippen molar-refractivity contribution in [3.63, 3.8) is 0 Å². The SMILES string of the molecule is CCNC1CCS(C)(C)CC1. The smallest absolute Gasteiger partial charge is 0.00815 e. The molecule has 0 aromatic carbocycles. The monoisotopic (exact) mass is 175 g/mol. The van der Waals surface area contributed by atoms with E-state index in [2.05, 4.69) is 24.8 Å². The van der Waals surface area contributed by atoms with Crippen LogP contribution in [0.1, 0.15) is 19.8 Å². The van der Waals surface area contributed by atoms with Gasteiger partial charge in [-0.1, -0.05) is 6.92 Å². The Kier molecular flexibility index (Phi) is 3.26. The summed E-state index contributed by atoms with van der Waals surface area (Å²) in [5, 5.41) is 3.54. The van der Waals surface area contributed by atoms with E-state index in [1.165, 1.54) is 24.3 Å². The fourth-order valence-corrected chi connectivity index (χ4v) is 3.71. The highest BCUT2D eigenvalue weighted by Crippen LogP contribution is 2.44. The van der Waals surface area contributed by atoms with E-state index in [-0.39, 0.29) is 10.0 Å². The van der Waals surface area contributed by atoms with E-state index in [9.17, 15) is 0 Å². The second-order valence-corrected chi connectivity index (χ2v) is 8.36. The highest BCUT2D eigenvalue weighted by Gasteiger charge is 2.21. The second-order valence-electron chi connectivity index (χ2n) is 4.01. The van der Waals surface area contributed by atoms with E-state index < -0.39 is 0 Å². The highest BCUT2D eigenvalue weighted by molar-refractivity contribution is 8.32. The summed E-state index contributed by atoms with van der Waals surface area (Å²) in [6, 6.07) is 0.834. The van der Waals surface area contributed by atoms with Crippen molar-refractivity contribution < 1.29 is 0 Å². The van der Waals surface area contributed by atoms with Gasteiger partial charge in [-0.25, -0.2) is 10.0 Å². The second kappa shape index (κ2) is 3.81. The molecule has 0 saturated carbocycles. The van der Waals surface area contributed by atoms with Crippen molar-refractivity contribution >= 4 is 10.0 Å². The van der Waals surface area contributed by atoms with E-state index in [0.717, 1.165) is 12.6 Å². The van der Waals surface area contributed by atoms with Crippen molar-refractivity contribution in [1.29, 1.82) is 0 Å². The molecule has 1 aliphatic heterocycles. The van der Waals surface area contributed by atoms with Crippen LogP contribution in [0.2, 0.25) is 0 Å². The summed E-state index contributed by atoms with van der Waals surface area (Å²) >= 11 is 0. The molecular formula is C9H21NS. The van der Waals surface area contributed by atoms with Crippen molar-refractivity contribution in [3.8, 4) is 0 Å². The van der Waals surface area contributed by atoms with E-state index in [1.54, 1.807) is 0 Å². The molecule has 1 rings (SSSR count). The van der Waals surface area contributed by atoms with Gasteiger partial charge in [0.05, 0.1) is 0 Å². The van der Waals surface area contributed by atoms with Crippen molar-refractivity contribution in [3.05, 3.63) is 0 Å². The van der Waals surface area contributed by atoms with Gasteiger partial charge in [-0.2, -0.15) is 0 Å². The average molecular weight is 175 g/mol. The Hall–Kier alpha value is 0.310. The van der Waals surface area contributed by atoms with Gasteiger partial charge in [-0.05, 0) is 43.4 Å². The molecule has 1 aliphatic rings. The van der Waals surface area contributed by atoms with Gasteiger partial charge in [0.15, 0.2) is 0 Å². The third kappa shape index (κ3) is 3.04. The molecular weight excluding hydrogens is 154 g/mol. The zero-order valence-electron chi connectivity index (χ0n) is 8.02. The predicted molar refractivity (Wildman–Crippen MR) is 55.9 cm³/mol. The normalized spacial score (nSPS) is 28.3. The summed E-state index contributed by atoms with van der Waals surface area (Å²) in [5.41, 5.74) is 0. The number of nitrogens with one attached hydrogen (secondary N) is 1. The standard InChI is InChI=1S/C9H21NS/c1-4-10-9-5-7-11(2,3)8-6-9/h9-10H,4-8H2,1-3H3. The Morgan fingerprint density at radius 3 is 2.27 bits per heavy atom. The zero-order chi connectivity index (χ0) is 8.32. The fourth-order valence-electron chi connectivity index (χ4n) is 1.66. The molecule has 0 aromatic rings. The molecule has 0 bridgehead atoms. The first-order chi connectivity index (χ1) is 5.14. The van der Waals surface area contributed by atoms with E-state index >= 15 is 0 Å². The summed E-state index contributed by atoms with van der Waals surface area (Å²) in [5.74, 6) is 2.95. The maximum Gasteiger partial charge on any atom is 0.00815 e. The molecule has 11 heavy (non-hydrogen) atoms. The largest absolute Gasteiger partial charge is 0.314 e. The molecule has 1 heterocycles. The minimum atomic E-state index is -0.174. The van der Waals surface area contributed by atoms with Gasteiger partial charge in [0.2, 0.25) is 0 Å². The third-order valence-corrected chi connectivity index (χ3v) is 5.21. The summed E-state index contributed by atoms with van der Waals surface area (Å²) < 4.78 is 0. The lowest BCUT2D eigenvalue weighted by Crippen LogP contribution is -2.35. The summed E-state index contributed by atoms with van der Waals surface area (Å²) in [4.78, 5) is 0. The molecule has 0 unspecified atom stereocenters. The minimum Gasteiger partial charge on any atom is -0.314 e. The quantitative estimate of drug-likeness (QED) is 0.675. The first-order valence-corrected chi connectivity index (χ1v) is 7.35. The van der Waals surface area contributed by atoms with Crippen molar-refractivity contribution in [2.75, 3.05) is 30.6 Å². The summed E-state index contributed by atoms with van der Waals surface area (Å²) in [7, 11) is -0.174. The fraction of sp³-hybridized carbons (Fsp3) is 1.00. The van der Waals surface area contributed by atoms with Crippen molar-refractivity contribution in [1.82, 2.24) is 5.32 Å². The van der Waals surface area contributed by atoms with Crippen molar-refractivity contribution in [2.45, 2.75) is 25.8 Å². The number of rotatable bonds is 2. The molecule has 0 spiro atoms. The van der Waals surface area contributed by atoms with Crippen LogP contribution in [0.5, 0.6) is 0 Å². The molecule has 0 atom stereocenters. The Balaban J connectivity index is 2.25. The van der Waals surface area contributed by atoms with E-state index in [0.29, 0.717) is 0 Å². The van der Waals surface area contributed by atoms with Gasteiger partial charge in [0, 0.05) is 6.04 Å². The van der Waals surface area contributed by atoms with Gasteiger partial charge >= 0.3 is 0 Å². The first kappa shape index (κ1) is 9.40. The predicted octanol–water partition coefficient (Wildman–Crippen LogP) is 1.82. The lowest BCUT2D eigenvalue weighted by molar-refractivity contribution is 0.494. The number of hydrogen-bond donors (Lipinski definition) is 1. The average Bonchev–Trinajstić information content (AvgIpc) is 1.94. The van der Waals surface area contributed by atoms with Crippen LogP contribution >= 0.6 is 10.0 Å². The van der Waals surface area contributed by atoms with Crippen LogP contribution in [0.15, 0.2) is 0 Å². The van der Waals surface area contributed by atoms with E-state index in [1.807, 2.05) is 0 Å². The molecule has 0 aliphatic carbocycles. The van der Waals surface area contributed by atoms with Crippen LogP contribution in [0.4, 0.5) is 0 Å². The van der Waals surface area contributed by atoms with Gasteiger partial charge in [0.25, 0.3) is 0 Å². The molecule has 0 radical (unpaired) electrons. The van der Waals surface area contributed by atoms with Crippen LogP contribution in [-0.2, 0) is 0 Å². The molecule has 0 amide bonds. The Labute approximate surface area is 72.3 Å². The zero-order valence-corrected chi connectivity index (χ0v) is 8.84. The maximum atomic E-state index is 3.54. The molecule has 68 valence electrons. The minimum absolute atomic E-state index is 0.174. The number of hydrogen-bond acceptors (Lipinski definition) is 1. The summed E-state index contributed by atoms with van der Waals surface area (Å²) in [6.07, 6.45) is 7.76. The molecule has 1 fully saturated rings. The summed E-state index contributed by atoms with van der Waals surface area (Å²) in [6.45, 7) is 3.34. The Morgan fingerprint density at radius 2 is 1.82 bits per heavy atom. The highest BCUT2D eigenvalue weighted by atomic mass is 32.3. The molecule has 1 nitrogen and oxygen atoms in total. The molecule has 2 heteroatoms. The topological polar surface area (TPSA) is 12.0 Å². The van der Waals surface area contributed by atoms with Crippen LogP contribution < -0.4 is 5.32 Å². The Morgan fingerprint density at radius 1 is 1.27 bits per heavy atom. The lowest BCUT2D eigenvalue weighted by atomic mass is 10.1. The van der Waals surface area contributed by atoms with E-state index in [4.69, 9.17) is 0 Å². The van der Waals surface area contributed by atoms with Gasteiger partial charge in [-0.15, -0.1) is 0 Å². The lowest BCUT2D eigenvalue weighted by Gasteiger charge is -2.39. The Bertz CT molecular complexity index is 113. The van der Waals surface area contributed by atoms with Crippen LogP contribution in [0.25, 0.3) is 0 Å². The first-order valence-electron chi connectivity index (χ1n) is 4.56. The van der Waals surface area contributed by atoms with Crippen LogP contribution in [0, 0.1) is 0 Å². The van der Waals surface area contributed by atoms with Gasteiger partial charge < -0.3 is 5.32 Å². The molecule has 0 aromatic heterocycles. The van der Waals surface area contributed by atoms with Gasteiger partial charge in [-0.3, -0.25) is 0 Å².